The van der Waals surface area contributed by atoms with Gasteiger partial charge in [-0.05, 0) is 17.7 Å². The first-order chi connectivity index (χ1) is 8.47. The van der Waals surface area contributed by atoms with Gasteiger partial charge in [0.2, 0.25) is 0 Å². The molecule has 0 spiro atoms. The number of amides is 1. The standard InChI is InChI=1S/C11H10F3N3O/c12-11(13,14)10(18)16-8-3-1-7(2-4-8)9-5-6-15-17-9/h1-4,15H,5-6H2,(H,16,18). The van der Waals surface area contributed by atoms with Crippen LogP contribution in [0.4, 0.5) is 18.9 Å². The molecule has 0 unspecified atom stereocenters. The number of hydrogen-bond acceptors (Lipinski definition) is 3. The fraction of sp³-hybridized carbons (Fsp3) is 0.273. The highest BCUT2D eigenvalue weighted by Crippen LogP contribution is 2.19. The zero-order chi connectivity index (χ0) is 13.2. The van der Waals surface area contributed by atoms with Crippen LogP contribution in [-0.4, -0.2) is 24.3 Å². The Labute approximate surface area is 101 Å². The van der Waals surface area contributed by atoms with Gasteiger partial charge in [0.15, 0.2) is 0 Å². The highest BCUT2D eigenvalue weighted by molar-refractivity contribution is 6.02. The summed E-state index contributed by atoms with van der Waals surface area (Å²) >= 11 is 0. The van der Waals surface area contributed by atoms with Crippen molar-refractivity contribution in [3.63, 3.8) is 0 Å². The van der Waals surface area contributed by atoms with E-state index in [1.165, 1.54) is 12.1 Å². The van der Waals surface area contributed by atoms with E-state index in [1.807, 2.05) is 0 Å². The molecule has 0 saturated carbocycles. The van der Waals surface area contributed by atoms with Crippen LogP contribution in [0.25, 0.3) is 0 Å². The monoisotopic (exact) mass is 257 g/mol. The van der Waals surface area contributed by atoms with Crippen molar-refractivity contribution in [3.8, 4) is 0 Å². The molecule has 0 aliphatic carbocycles. The van der Waals surface area contributed by atoms with Crippen LogP contribution in [0.15, 0.2) is 29.4 Å². The second-order valence-corrected chi connectivity index (χ2v) is 3.75. The average molecular weight is 257 g/mol. The SMILES string of the molecule is O=C(Nc1ccc(C2=NNCC2)cc1)C(F)(F)F. The average Bonchev–Trinajstić information content (AvgIpc) is 2.82. The summed E-state index contributed by atoms with van der Waals surface area (Å²) in [6, 6.07) is 6.08. The maximum atomic E-state index is 12.0. The van der Waals surface area contributed by atoms with E-state index in [0.29, 0.717) is 0 Å². The molecule has 0 radical (unpaired) electrons. The van der Waals surface area contributed by atoms with E-state index in [4.69, 9.17) is 0 Å². The van der Waals surface area contributed by atoms with Crippen molar-refractivity contribution in [2.45, 2.75) is 12.6 Å². The molecule has 0 atom stereocenters. The Balaban J connectivity index is 2.06. The summed E-state index contributed by atoms with van der Waals surface area (Å²) in [5.41, 5.74) is 4.59. The minimum atomic E-state index is -4.88. The molecule has 0 fully saturated rings. The molecule has 1 aromatic rings. The van der Waals surface area contributed by atoms with E-state index in [1.54, 1.807) is 17.4 Å². The Morgan fingerprint density at radius 3 is 2.44 bits per heavy atom. The lowest BCUT2D eigenvalue weighted by atomic mass is 10.1. The first-order valence-corrected chi connectivity index (χ1v) is 5.25. The van der Waals surface area contributed by atoms with Gasteiger partial charge in [0.05, 0.1) is 5.71 Å². The molecule has 1 amide bonds. The number of halogens is 3. The number of alkyl halides is 3. The summed E-state index contributed by atoms with van der Waals surface area (Å²) in [6.07, 6.45) is -4.10. The van der Waals surface area contributed by atoms with Crippen molar-refractivity contribution in [2.24, 2.45) is 5.10 Å². The van der Waals surface area contributed by atoms with Gasteiger partial charge in [-0.1, -0.05) is 12.1 Å². The normalized spacial score (nSPS) is 14.9. The van der Waals surface area contributed by atoms with Gasteiger partial charge in [-0.15, -0.1) is 0 Å². The van der Waals surface area contributed by atoms with E-state index in [9.17, 15) is 18.0 Å². The van der Waals surface area contributed by atoms with Gasteiger partial charge in [0.25, 0.3) is 0 Å². The highest BCUT2D eigenvalue weighted by Gasteiger charge is 2.38. The molecule has 7 heteroatoms. The molecule has 2 N–H and O–H groups in total. The molecule has 1 aromatic carbocycles. The van der Waals surface area contributed by atoms with Crippen LogP contribution in [-0.2, 0) is 4.79 Å². The number of anilines is 1. The van der Waals surface area contributed by atoms with Crippen molar-refractivity contribution in [1.82, 2.24) is 5.43 Å². The van der Waals surface area contributed by atoms with Gasteiger partial charge in [-0.25, -0.2) is 0 Å². The molecule has 1 heterocycles. The van der Waals surface area contributed by atoms with Crippen LogP contribution >= 0.6 is 0 Å². The van der Waals surface area contributed by atoms with Crippen molar-refractivity contribution in [3.05, 3.63) is 29.8 Å². The molecule has 2 rings (SSSR count). The van der Waals surface area contributed by atoms with Crippen LogP contribution in [0.1, 0.15) is 12.0 Å². The van der Waals surface area contributed by atoms with E-state index < -0.39 is 12.1 Å². The van der Waals surface area contributed by atoms with Crippen LogP contribution in [0.5, 0.6) is 0 Å². The second-order valence-electron chi connectivity index (χ2n) is 3.75. The molecule has 0 aromatic heterocycles. The molecule has 0 saturated heterocycles. The fourth-order valence-corrected chi connectivity index (χ4v) is 1.54. The van der Waals surface area contributed by atoms with Gasteiger partial charge in [-0.3, -0.25) is 4.79 Å². The highest BCUT2D eigenvalue weighted by atomic mass is 19.4. The van der Waals surface area contributed by atoms with Gasteiger partial charge >= 0.3 is 12.1 Å². The number of benzene rings is 1. The van der Waals surface area contributed by atoms with E-state index in [-0.39, 0.29) is 5.69 Å². The molecule has 0 bridgehead atoms. The number of carbonyl (C=O) groups excluding carboxylic acids is 1. The first-order valence-electron chi connectivity index (χ1n) is 5.25. The third-order valence-corrected chi connectivity index (χ3v) is 2.42. The molecular formula is C11H10F3N3O. The predicted octanol–water partition coefficient (Wildman–Crippen LogP) is 1.88. The number of hydrogen-bond donors (Lipinski definition) is 2. The molecule has 1 aliphatic rings. The number of carbonyl (C=O) groups is 1. The number of rotatable bonds is 2. The predicted molar refractivity (Wildman–Crippen MR) is 60.3 cm³/mol. The molecule has 96 valence electrons. The van der Waals surface area contributed by atoms with Crippen LogP contribution in [0.2, 0.25) is 0 Å². The second kappa shape index (κ2) is 4.67. The summed E-state index contributed by atoms with van der Waals surface area (Å²) in [4.78, 5) is 10.7. The van der Waals surface area contributed by atoms with Crippen LogP contribution < -0.4 is 10.7 Å². The number of hydrazone groups is 1. The van der Waals surface area contributed by atoms with Crippen molar-refractivity contribution in [1.29, 1.82) is 0 Å². The van der Waals surface area contributed by atoms with Gasteiger partial charge in [0.1, 0.15) is 0 Å². The van der Waals surface area contributed by atoms with Gasteiger partial charge in [-0.2, -0.15) is 18.3 Å². The van der Waals surface area contributed by atoms with Crippen LogP contribution in [0, 0.1) is 0 Å². The Kier molecular flexibility index (Phi) is 3.22. The first kappa shape index (κ1) is 12.4. The van der Waals surface area contributed by atoms with E-state index in [2.05, 4.69) is 10.5 Å². The van der Waals surface area contributed by atoms with Crippen molar-refractivity contribution < 1.29 is 18.0 Å². The topological polar surface area (TPSA) is 53.5 Å². The van der Waals surface area contributed by atoms with Crippen LogP contribution in [0.3, 0.4) is 0 Å². The summed E-state index contributed by atoms with van der Waals surface area (Å²) in [6.45, 7) is 0.752. The number of nitrogens with zero attached hydrogens (tertiary/aromatic N) is 1. The minimum absolute atomic E-state index is 0.104. The lowest BCUT2D eigenvalue weighted by Crippen LogP contribution is -2.29. The third-order valence-electron chi connectivity index (χ3n) is 2.42. The van der Waals surface area contributed by atoms with Gasteiger partial charge < -0.3 is 10.7 Å². The van der Waals surface area contributed by atoms with Gasteiger partial charge in [0, 0.05) is 18.7 Å². The Hall–Kier alpha value is -2.05. The lowest BCUT2D eigenvalue weighted by Gasteiger charge is -2.08. The zero-order valence-corrected chi connectivity index (χ0v) is 9.21. The number of nitrogens with one attached hydrogen (secondary N) is 2. The Morgan fingerprint density at radius 2 is 1.94 bits per heavy atom. The Bertz CT molecular complexity index is 479. The molecule has 1 aliphatic heterocycles. The van der Waals surface area contributed by atoms with Crippen molar-refractivity contribution >= 4 is 17.3 Å². The summed E-state index contributed by atoms with van der Waals surface area (Å²) in [5, 5.41) is 5.82. The van der Waals surface area contributed by atoms with E-state index in [0.717, 1.165) is 24.2 Å². The smallest absolute Gasteiger partial charge is 0.318 e. The minimum Gasteiger partial charge on any atom is -0.318 e. The summed E-state index contributed by atoms with van der Waals surface area (Å²) < 4.78 is 36.1. The fourth-order valence-electron chi connectivity index (χ4n) is 1.54. The Morgan fingerprint density at radius 1 is 1.28 bits per heavy atom. The summed E-state index contributed by atoms with van der Waals surface area (Å²) in [7, 11) is 0. The summed E-state index contributed by atoms with van der Waals surface area (Å²) in [5.74, 6) is -1.98. The maximum absolute atomic E-state index is 12.0. The quantitative estimate of drug-likeness (QED) is 0.850. The third kappa shape index (κ3) is 2.79. The maximum Gasteiger partial charge on any atom is 0.471 e. The largest absolute Gasteiger partial charge is 0.471 e. The van der Waals surface area contributed by atoms with E-state index >= 15 is 0 Å². The molecular weight excluding hydrogens is 247 g/mol. The van der Waals surface area contributed by atoms with Crippen molar-refractivity contribution in [2.75, 3.05) is 11.9 Å². The molecule has 18 heavy (non-hydrogen) atoms. The lowest BCUT2D eigenvalue weighted by molar-refractivity contribution is -0.167. The zero-order valence-electron chi connectivity index (χ0n) is 9.21. The molecule has 4 nitrogen and oxygen atoms in total.